The number of hydrogen-bond acceptors (Lipinski definition) is 3. The average molecular weight is 247 g/mol. The van der Waals surface area contributed by atoms with E-state index in [0.29, 0.717) is 0 Å². The lowest BCUT2D eigenvalue weighted by atomic mass is 10.1. The Morgan fingerprint density at radius 1 is 1.50 bits per heavy atom. The fourth-order valence-electron chi connectivity index (χ4n) is 2.25. The highest BCUT2D eigenvalue weighted by Gasteiger charge is 2.21. The molecule has 1 aromatic rings. The van der Waals surface area contributed by atoms with Crippen LogP contribution in [0.4, 0.5) is 5.69 Å². The van der Waals surface area contributed by atoms with Gasteiger partial charge in [0.25, 0.3) is 0 Å². The van der Waals surface area contributed by atoms with Gasteiger partial charge in [-0.15, -0.1) is 0 Å². The van der Waals surface area contributed by atoms with Gasteiger partial charge in [0, 0.05) is 12.2 Å². The zero-order valence-corrected chi connectivity index (χ0v) is 11.1. The van der Waals surface area contributed by atoms with Crippen molar-refractivity contribution in [3.8, 4) is 0 Å². The monoisotopic (exact) mass is 247 g/mol. The van der Waals surface area contributed by atoms with Crippen LogP contribution in [0.5, 0.6) is 0 Å². The van der Waals surface area contributed by atoms with E-state index in [-0.39, 0.29) is 11.9 Å². The van der Waals surface area contributed by atoms with E-state index in [0.717, 1.165) is 31.6 Å². The van der Waals surface area contributed by atoms with Gasteiger partial charge in [0.1, 0.15) is 0 Å². The van der Waals surface area contributed by atoms with Crippen LogP contribution in [0.3, 0.4) is 0 Å². The van der Waals surface area contributed by atoms with Gasteiger partial charge in [0.2, 0.25) is 5.91 Å². The van der Waals surface area contributed by atoms with Crippen LogP contribution in [0.25, 0.3) is 0 Å². The molecule has 18 heavy (non-hydrogen) atoms. The highest BCUT2D eigenvalue weighted by molar-refractivity contribution is 5.95. The predicted octanol–water partition coefficient (Wildman–Crippen LogP) is 1.44. The molecule has 1 fully saturated rings. The lowest BCUT2D eigenvalue weighted by Crippen LogP contribution is -2.35. The minimum absolute atomic E-state index is 0.0255. The Morgan fingerprint density at radius 3 is 3.00 bits per heavy atom. The van der Waals surface area contributed by atoms with Gasteiger partial charge in [-0.3, -0.25) is 4.79 Å². The molecule has 4 heteroatoms. The van der Waals surface area contributed by atoms with Crippen LogP contribution in [-0.4, -0.2) is 37.5 Å². The van der Waals surface area contributed by atoms with Gasteiger partial charge >= 0.3 is 0 Å². The molecule has 0 bridgehead atoms. The van der Waals surface area contributed by atoms with Crippen molar-refractivity contribution in [3.05, 3.63) is 29.8 Å². The third-order valence-electron chi connectivity index (χ3n) is 3.07. The second kappa shape index (κ2) is 5.98. The number of hydrogen-bond donors (Lipinski definition) is 2. The summed E-state index contributed by atoms with van der Waals surface area (Å²) in [6.07, 6.45) is 2.02. The quantitative estimate of drug-likeness (QED) is 0.846. The molecule has 0 saturated carbocycles. The molecule has 1 saturated heterocycles. The summed E-state index contributed by atoms with van der Waals surface area (Å²) < 4.78 is 0. The Kier molecular flexibility index (Phi) is 4.33. The van der Waals surface area contributed by atoms with Crippen molar-refractivity contribution in [2.45, 2.75) is 25.4 Å². The normalized spacial score (nSPS) is 19.2. The summed E-state index contributed by atoms with van der Waals surface area (Å²) in [7, 11) is 4.07. The Hall–Kier alpha value is -1.39. The largest absolute Gasteiger partial charge is 0.325 e. The van der Waals surface area contributed by atoms with Crippen LogP contribution in [0.1, 0.15) is 18.4 Å². The summed E-state index contributed by atoms with van der Waals surface area (Å²) in [6.45, 7) is 1.82. The fourth-order valence-corrected chi connectivity index (χ4v) is 2.25. The van der Waals surface area contributed by atoms with E-state index in [1.807, 2.05) is 32.3 Å². The lowest BCUT2D eigenvalue weighted by molar-refractivity contribution is -0.117. The first-order valence-corrected chi connectivity index (χ1v) is 6.43. The summed E-state index contributed by atoms with van der Waals surface area (Å²) in [4.78, 5) is 14.1. The molecule has 1 amide bonds. The van der Waals surface area contributed by atoms with Gasteiger partial charge in [-0.1, -0.05) is 12.1 Å². The highest BCUT2D eigenvalue weighted by atomic mass is 16.2. The summed E-state index contributed by atoms with van der Waals surface area (Å²) in [5, 5.41) is 6.18. The summed E-state index contributed by atoms with van der Waals surface area (Å²) in [6, 6.07) is 8.00. The SMILES string of the molecule is CN(C)Cc1cccc(NC(=O)[C@H]2CCCN2)c1. The van der Waals surface area contributed by atoms with E-state index in [2.05, 4.69) is 21.6 Å². The maximum absolute atomic E-state index is 12.0. The standard InChI is InChI=1S/C14H21N3O/c1-17(2)10-11-5-3-6-12(9-11)16-14(18)13-7-4-8-15-13/h3,5-6,9,13,15H,4,7-8,10H2,1-2H3,(H,16,18)/t13-/m1/s1. The number of amides is 1. The van der Waals surface area contributed by atoms with Crippen molar-refractivity contribution in [2.24, 2.45) is 0 Å². The molecule has 2 rings (SSSR count). The zero-order chi connectivity index (χ0) is 13.0. The second-order valence-corrected chi connectivity index (χ2v) is 5.08. The third kappa shape index (κ3) is 3.55. The van der Waals surface area contributed by atoms with Crippen LogP contribution in [0.2, 0.25) is 0 Å². The minimum atomic E-state index is -0.0255. The van der Waals surface area contributed by atoms with E-state index >= 15 is 0 Å². The zero-order valence-electron chi connectivity index (χ0n) is 11.1. The first-order valence-electron chi connectivity index (χ1n) is 6.43. The summed E-state index contributed by atoms with van der Waals surface area (Å²) in [5.41, 5.74) is 2.09. The van der Waals surface area contributed by atoms with Gasteiger partial charge in [-0.25, -0.2) is 0 Å². The van der Waals surface area contributed by atoms with Crippen molar-refractivity contribution in [3.63, 3.8) is 0 Å². The Bertz CT molecular complexity index is 411. The maximum Gasteiger partial charge on any atom is 0.241 e. The van der Waals surface area contributed by atoms with Crippen LogP contribution in [-0.2, 0) is 11.3 Å². The van der Waals surface area contributed by atoms with E-state index in [9.17, 15) is 4.79 Å². The molecule has 0 spiro atoms. The van der Waals surface area contributed by atoms with Gasteiger partial charge < -0.3 is 15.5 Å². The molecule has 0 radical (unpaired) electrons. The van der Waals surface area contributed by atoms with Crippen molar-refractivity contribution < 1.29 is 4.79 Å². The number of benzene rings is 1. The number of nitrogens with one attached hydrogen (secondary N) is 2. The first-order chi connectivity index (χ1) is 8.65. The van der Waals surface area contributed by atoms with Gasteiger partial charge in [0.05, 0.1) is 6.04 Å². The van der Waals surface area contributed by atoms with Crippen molar-refractivity contribution in [1.82, 2.24) is 10.2 Å². The molecule has 98 valence electrons. The number of carbonyl (C=O) groups excluding carboxylic acids is 1. The van der Waals surface area contributed by atoms with Crippen molar-refractivity contribution >= 4 is 11.6 Å². The van der Waals surface area contributed by atoms with E-state index in [1.54, 1.807) is 0 Å². The summed E-state index contributed by atoms with van der Waals surface area (Å²) in [5.74, 6) is 0.0782. The number of anilines is 1. The molecular weight excluding hydrogens is 226 g/mol. The maximum atomic E-state index is 12.0. The molecule has 0 unspecified atom stereocenters. The van der Waals surface area contributed by atoms with Crippen LogP contribution in [0.15, 0.2) is 24.3 Å². The number of rotatable bonds is 4. The Balaban J connectivity index is 1.97. The first kappa shape index (κ1) is 13.1. The average Bonchev–Trinajstić information content (AvgIpc) is 2.81. The van der Waals surface area contributed by atoms with Gasteiger partial charge in [-0.2, -0.15) is 0 Å². The van der Waals surface area contributed by atoms with Crippen LogP contribution in [0, 0.1) is 0 Å². The van der Waals surface area contributed by atoms with Gasteiger partial charge in [0.15, 0.2) is 0 Å². The minimum Gasteiger partial charge on any atom is -0.325 e. The molecular formula is C14H21N3O. The molecule has 0 aliphatic carbocycles. The summed E-state index contributed by atoms with van der Waals surface area (Å²) >= 11 is 0. The molecule has 4 nitrogen and oxygen atoms in total. The molecule has 1 aliphatic rings. The van der Waals surface area contributed by atoms with Gasteiger partial charge in [-0.05, 0) is 51.2 Å². The highest BCUT2D eigenvalue weighted by Crippen LogP contribution is 2.14. The molecule has 1 atom stereocenters. The fraction of sp³-hybridized carbons (Fsp3) is 0.500. The number of nitrogens with zero attached hydrogens (tertiary/aromatic N) is 1. The van der Waals surface area contributed by atoms with Crippen LogP contribution >= 0.6 is 0 Å². The van der Waals surface area contributed by atoms with Crippen molar-refractivity contribution in [2.75, 3.05) is 26.0 Å². The lowest BCUT2D eigenvalue weighted by Gasteiger charge is -2.13. The van der Waals surface area contributed by atoms with Crippen molar-refractivity contribution in [1.29, 1.82) is 0 Å². The second-order valence-electron chi connectivity index (χ2n) is 5.08. The molecule has 1 heterocycles. The Labute approximate surface area is 108 Å². The van der Waals surface area contributed by atoms with E-state index in [1.165, 1.54) is 5.56 Å². The predicted molar refractivity (Wildman–Crippen MR) is 73.5 cm³/mol. The Morgan fingerprint density at radius 2 is 2.33 bits per heavy atom. The molecule has 1 aliphatic heterocycles. The van der Waals surface area contributed by atoms with E-state index in [4.69, 9.17) is 0 Å². The van der Waals surface area contributed by atoms with Crippen LogP contribution < -0.4 is 10.6 Å². The topological polar surface area (TPSA) is 44.4 Å². The smallest absolute Gasteiger partial charge is 0.241 e. The third-order valence-corrected chi connectivity index (χ3v) is 3.07. The molecule has 1 aromatic carbocycles. The molecule has 0 aromatic heterocycles. The number of carbonyl (C=O) groups is 1. The molecule has 2 N–H and O–H groups in total. The van der Waals surface area contributed by atoms with E-state index < -0.39 is 0 Å².